The zero-order chi connectivity index (χ0) is 27.0. The second-order valence-electron chi connectivity index (χ2n) is 11.7. The maximum atomic E-state index is 17.4. The van der Waals surface area contributed by atoms with E-state index in [0.29, 0.717) is 31.2 Å². The number of esters is 1. The normalized spacial score (nSPS) is 48.6. The summed E-state index contributed by atoms with van der Waals surface area (Å²) in [5.74, 6) is -3.50. The smallest absolute Gasteiger partial charge is 0.336 e. The second kappa shape index (κ2) is 8.95. The largest absolute Gasteiger partial charge is 0.447 e. The third kappa shape index (κ3) is 3.43. The van der Waals surface area contributed by atoms with Crippen LogP contribution in [-0.2, 0) is 23.9 Å². The molecule has 1 N–H and O–H groups in total. The fourth-order valence-electron chi connectivity index (χ4n) is 8.36. The van der Waals surface area contributed by atoms with Gasteiger partial charge in [0.1, 0.15) is 12.2 Å². The van der Waals surface area contributed by atoms with Crippen molar-refractivity contribution < 1.29 is 42.1 Å². The van der Waals surface area contributed by atoms with Gasteiger partial charge in [-0.05, 0) is 74.4 Å². The molecule has 0 bridgehead atoms. The van der Waals surface area contributed by atoms with Gasteiger partial charge in [0.25, 0.3) is 0 Å². The van der Waals surface area contributed by atoms with Crippen LogP contribution in [0.3, 0.4) is 0 Å². The topological polar surface area (TPSA) is 89.9 Å². The Morgan fingerprint density at radius 2 is 2.00 bits per heavy atom. The summed E-state index contributed by atoms with van der Waals surface area (Å²) in [6.07, 6.45) is 0.288. The number of fused-ring (bicyclic) bond motifs is 5. The fourth-order valence-corrected chi connectivity index (χ4v) is 9.15. The van der Waals surface area contributed by atoms with E-state index >= 15 is 8.78 Å². The van der Waals surface area contributed by atoms with Gasteiger partial charge in [0.15, 0.2) is 23.2 Å². The lowest BCUT2D eigenvalue weighted by atomic mass is 9.44. The molecule has 4 aliphatic carbocycles. The number of carbonyl (C=O) groups excluding carboxylic acids is 3. The summed E-state index contributed by atoms with van der Waals surface area (Å²) in [6.45, 7) is 5.25. The van der Waals surface area contributed by atoms with E-state index in [1.54, 1.807) is 13.8 Å². The number of aliphatic hydroxyl groups excluding tert-OH is 1. The molecular formula is C27H33F3O6S. The molecule has 10 heteroatoms. The number of carbonyl (C=O) groups is 3. The molecule has 0 unspecified atom stereocenters. The highest BCUT2D eigenvalue weighted by atomic mass is 32.2. The van der Waals surface area contributed by atoms with Crippen LogP contribution < -0.4 is 0 Å². The summed E-state index contributed by atoms with van der Waals surface area (Å²) in [6, 6.07) is -1.04. The number of ketones is 1. The van der Waals surface area contributed by atoms with Gasteiger partial charge in [0.05, 0.1) is 6.10 Å². The number of hydrogen-bond acceptors (Lipinski definition) is 7. The van der Waals surface area contributed by atoms with Crippen LogP contribution in [0, 0.1) is 28.6 Å². The van der Waals surface area contributed by atoms with Crippen LogP contribution in [0.5, 0.6) is 0 Å². The highest BCUT2D eigenvalue weighted by Gasteiger charge is 2.78. The first-order chi connectivity index (χ1) is 17.4. The number of aliphatic hydroxyl groups is 1. The Hall–Kier alpha value is -1.65. The van der Waals surface area contributed by atoms with Crippen LogP contribution in [0.15, 0.2) is 23.8 Å². The molecule has 5 rings (SSSR count). The zero-order valence-electron chi connectivity index (χ0n) is 21.2. The van der Waals surface area contributed by atoms with E-state index in [9.17, 15) is 23.9 Å². The van der Waals surface area contributed by atoms with Crippen molar-refractivity contribution in [1.82, 2.24) is 0 Å². The molecular weight excluding hydrogens is 509 g/mol. The van der Waals surface area contributed by atoms with Gasteiger partial charge in [-0.2, -0.15) is 0 Å². The minimum absolute atomic E-state index is 0.00702. The Morgan fingerprint density at radius 1 is 1.27 bits per heavy atom. The van der Waals surface area contributed by atoms with Crippen molar-refractivity contribution in [3.8, 4) is 0 Å². The van der Waals surface area contributed by atoms with Crippen molar-refractivity contribution in [3.05, 3.63) is 23.8 Å². The van der Waals surface area contributed by atoms with Gasteiger partial charge >= 0.3 is 5.97 Å². The van der Waals surface area contributed by atoms with Crippen LogP contribution in [0.2, 0.25) is 0 Å². The maximum Gasteiger partial charge on any atom is 0.336 e. The lowest BCUT2D eigenvalue weighted by Gasteiger charge is -2.63. The quantitative estimate of drug-likeness (QED) is 0.533. The highest BCUT2D eigenvalue weighted by molar-refractivity contribution is 8.13. The molecule has 10 atom stereocenters. The molecule has 0 aromatic heterocycles. The molecule has 4 fully saturated rings. The van der Waals surface area contributed by atoms with Gasteiger partial charge in [0, 0.05) is 29.3 Å². The lowest BCUT2D eigenvalue weighted by Crippen LogP contribution is -2.70. The summed E-state index contributed by atoms with van der Waals surface area (Å²) in [5.41, 5.74) is -7.02. The van der Waals surface area contributed by atoms with E-state index in [1.165, 1.54) is 19.1 Å². The Balaban J connectivity index is 1.61. The SMILES string of the molecule is C[C@@H]1C[C@H]2[C@@H]3C[C@H](F)C4=CC(=O)C=C[C@]4(C)[C@@]3(F)[C@@H](O)C[C@]2(C)[C@@]1(OC(=O)[C@H]1CCCO1)C(=O)SCF. The monoisotopic (exact) mass is 542 g/mol. The predicted molar refractivity (Wildman–Crippen MR) is 130 cm³/mol. The molecule has 37 heavy (non-hydrogen) atoms. The zero-order valence-corrected chi connectivity index (χ0v) is 22.0. The number of hydrogen-bond donors (Lipinski definition) is 1. The molecule has 1 heterocycles. The Morgan fingerprint density at radius 3 is 2.65 bits per heavy atom. The molecule has 0 aromatic carbocycles. The van der Waals surface area contributed by atoms with Crippen LogP contribution in [0.25, 0.3) is 0 Å². The molecule has 0 aromatic rings. The third-order valence-corrected chi connectivity index (χ3v) is 10.8. The molecule has 204 valence electrons. The van der Waals surface area contributed by atoms with Crippen molar-refractivity contribution in [2.24, 2.45) is 28.6 Å². The number of thioether (sulfide) groups is 1. The van der Waals surface area contributed by atoms with Crippen molar-refractivity contribution in [3.63, 3.8) is 0 Å². The van der Waals surface area contributed by atoms with Gasteiger partial charge < -0.3 is 14.6 Å². The number of ether oxygens (including phenoxy) is 2. The van der Waals surface area contributed by atoms with E-state index in [0.717, 1.165) is 6.08 Å². The predicted octanol–water partition coefficient (Wildman–Crippen LogP) is 4.20. The number of rotatable bonds is 4. The van der Waals surface area contributed by atoms with Crippen molar-refractivity contribution in [2.45, 2.75) is 82.5 Å². The molecule has 5 aliphatic rings. The highest BCUT2D eigenvalue weighted by Crippen LogP contribution is 2.72. The summed E-state index contributed by atoms with van der Waals surface area (Å²) >= 11 is 0.387. The van der Waals surface area contributed by atoms with Crippen LogP contribution in [-0.4, -0.2) is 64.2 Å². The molecule has 0 radical (unpaired) electrons. The average Bonchev–Trinajstić information content (AvgIpc) is 3.45. The number of halogens is 3. The van der Waals surface area contributed by atoms with E-state index < -0.39 is 81.1 Å². The second-order valence-corrected chi connectivity index (χ2v) is 12.6. The first-order valence-corrected chi connectivity index (χ1v) is 13.9. The fraction of sp³-hybridized carbons (Fsp3) is 0.741. The van der Waals surface area contributed by atoms with Crippen LogP contribution in [0.1, 0.15) is 52.9 Å². The minimum Gasteiger partial charge on any atom is -0.447 e. The Labute approximate surface area is 218 Å². The molecule has 1 saturated heterocycles. The summed E-state index contributed by atoms with van der Waals surface area (Å²) < 4.78 is 58.0. The summed E-state index contributed by atoms with van der Waals surface area (Å²) in [7, 11) is 0. The van der Waals surface area contributed by atoms with Gasteiger partial charge in [0.2, 0.25) is 5.12 Å². The Bertz CT molecular complexity index is 1070. The first kappa shape index (κ1) is 26.9. The van der Waals surface area contributed by atoms with Gasteiger partial charge in [-0.25, -0.2) is 18.0 Å². The lowest BCUT2D eigenvalue weighted by molar-refractivity contribution is -0.231. The van der Waals surface area contributed by atoms with E-state index in [-0.39, 0.29) is 24.8 Å². The molecule has 0 spiro atoms. The van der Waals surface area contributed by atoms with Gasteiger partial charge in [-0.15, -0.1) is 0 Å². The molecule has 1 aliphatic heterocycles. The van der Waals surface area contributed by atoms with Crippen LogP contribution >= 0.6 is 11.8 Å². The number of allylic oxidation sites excluding steroid dienone is 4. The molecule has 0 amide bonds. The number of alkyl halides is 3. The van der Waals surface area contributed by atoms with E-state index in [1.807, 2.05) is 0 Å². The third-order valence-electron chi connectivity index (χ3n) is 10.1. The van der Waals surface area contributed by atoms with Crippen LogP contribution in [0.4, 0.5) is 13.2 Å². The van der Waals surface area contributed by atoms with Gasteiger partial charge in [-0.1, -0.05) is 19.9 Å². The molecule has 6 nitrogen and oxygen atoms in total. The Kier molecular flexibility index (Phi) is 6.51. The summed E-state index contributed by atoms with van der Waals surface area (Å²) in [4.78, 5) is 38.8. The van der Waals surface area contributed by atoms with E-state index in [4.69, 9.17) is 9.47 Å². The standard InChI is InChI=1S/C27H33F3O6S/c1-14-9-16-17-11-19(29)18-10-15(31)6-7-24(18,2)26(17,30)21(32)12-25(16,3)27(14,23(34)37-13-28)36-22(33)20-5-4-8-35-20/h6-7,10,14,16-17,19-21,32H,4-5,8-9,11-13H2,1-3H3/t14-,16+,17+,19+,20-,21+,24+,25+,26+,27+/m1/s1. The summed E-state index contributed by atoms with van der Waals surface area (Å²) in [5, 5.41) is 10.8. The van der Waals surface area contributed by atoms with Crippen molar-refractivity contribution in [1.29, 1.82) is 0 Å². The minimum atomic E-state index is -2.33. The average molecular weight is 543 g/mol. The van der Waals surface area contributed by atoms with Crippen molar-refractivity contribution in [2.75, 3.05) is 12.6 Å². The van der Waals surface area contributed by atoms with Gasteiger partial charge in [-0.3, -0.25) is 9.59 Å². The first-order valence-electron chi connectivity index (χ1n) is 12.9. The van der Waals surface area contributed by atoms with E-state index in [2.05, 4.69) is 0 Å². The molecule has 3 saturated carbocycles. The van der Waals surface area contributed by atoms with Crippen molar-refractivity contribution >= 4 is 28.6 Å². The maximum absolute atomic E-state index is 17.4.